The van der Waals surface area contributed by atoms with Crippen molar-refractivity contribution in [3.05, 3.63) is 0 Å². The summed E-state index contributed by atoms with van der Waals surface area (Å²) in [6.07, 6.45) is 2.38. The Labute approximate surface area is 97.4 Å². The molecular weight excluding hydrogens is 210 g/mol. The summed E-state index contributed by atoms with van der Waals surface area (Å²) in [6.45, 7) is 4.91. The summed E-state index contributed by atoms with van der Waals surface area (Å²) < 4.78 is 24.6. The second-order valence-corrected chi connectivity index (χ2v) is 5.12. The van der Waals surface area contributed by atoms with E-state index in [0.29, 0.717) is 0 Å². The van der Waals surface area contributed by atoms with Gasteiger partial charge >= 0.3 is 0 Å². The van der Waals surface area contributed by atoms with E-state index in [1.54, 1.807) is 11.9 Å². The minimum absolute atomic E-state index is 0.106. The van der Waals surface area contributed by atoms with Crippen molar-refractivity contribution in [2.24, 2.45) is 5.41 Å². The molecule has 1 aliphatic heterocycles. The molecule has 0 amide bonds. The van der Waals surface area contributed by atoms with Gasteiger partial charge in [-0.15, -0.1) is 0 Å². The summed E-state index contributed by atoms with van der Waals surface area (Å²) in [4.78, 5) is 1.79. The van der Waals surface area contributed by atoms with Gasteiger partial charge in [-0.2, -0.15) is 0 Å². The van der Waals surface area contributed by atoms with E-state index in [1.165, 1.54) is 12.8 Å². The number of nitrogens with one attached hydrogen (secondary N) is 1. The van der Waals surface area contributed by atoms with Gasteiger partial charge in [0.05, 0.1) is 6.54 Å². The lowest BCUT2D eigenvalue weighted by Crippen LogP contribution is -2.47. The highest BCUT2D eigenvalue weighted by molar-refractivity contribution is 4.87. The lowest BCUT2D eigenvalue weighted by Gasteiger charge is -2.40. The molecule has 0 saturated carbocycles. The first-order valence-corrected chi connectivity index (χ1v) is 6.25. The SMILES string of the molecule is CCCC1(CN(C)CC(F)F)CCCNC1. The van der Waals surface area contributed by atoms with Crippen LogP contribution in [0, 0.1) is 5.41 Å². The van der Waals surface area contributed by atoms with Gasteiger partial charge in [0.2, 0.25) is 0 Å². The third-order valence-corrected chi connectivity index (χ3v) is 3.40. The maximum atomic E-state index is 12.3. The largest absolute Gasteiger partial charge is 0.316 e. The molecule has 0 bridgehead atoms. The van der Waals surface area contributed by atoms with Crippen LogP contribution in [0.25, 0.3) is 0 Å². The highest BCUT2D eigenvalue weighted by atomic mass is 19.3. The number of hydrogen-bond acceptors (Lipinski definition) is 2. The van der Waals surface area contributed by atoms with E-state index in [2.05, 4.69) is 12.2 Å². The fourth-order valence-electron chi connectivity index (χ4n) is 2.86. The Bertz CT molecular complexity index is 186. The maximum absolute atomic E-state index is 12.3. The van der Waals surface area contributed by atoms with Crippen molar-refractivity contribution >= 4 is 0 Å². The lowest BCUT2D eigenvalue weighted by atomic mass is 9.76. The standard InChI is InChI=1S/C12H24F2N2/c1-3-5-12(6-4-7-15-9-12)10-16(2)8-11(13)14/h11,15H,3-10H2,1-2H3. The number of piperidine rings is 1. The van der Waals surface area contributed by atoms with Crippen molar-refractivity contribution in [3.8, 4) is 0 Å². The first-order chi connectivity index (χ1) is 7.58. The molecule has 1 N–H and O–H groups in total. The molecule has 0 radical (unpaired) electrons. The summed E-state index contributed by atoms with van der Waals surface area (Å²) in [5.74, 6) is 0. The van der Waals surface area contributed by atoms with Gasteiger partial charge in [-0.1, -0.05) is 13.3 Å². The fourth-order valence-corrected chi connectivity index (χ4v) is 2.86. The van der Waals surface area contributed by atoms with Crippen LogP contribution in [0.4, 0.5) is 8.78 Å². The Kier molecular flexibility index (Phi) is 5.62. The molecule has 1 fully saturated rings. The van der Waals surface area contributed by atoms with Crippen molar-refractivity contribution in [1.82, 2.24) is 10.2 Å². The van der Waals surface area contributed by atoms with Crippen LogP contribution in [-0.4, -0.2) is 44.6 Å². The summed E-state index contributed by atoms with van der Waals surface area (Å²) in [7, 11) is 1.80. The van der Waals surface area contributed by atoms with Crippen LogP contribution in [0.1, 0.15) is 32.6 Å². The second-order valence-electron chi connectivity index (χ2n) is 5.12. The monoisotopic (exact) mass is 234 g/mol. The summed E-state index contributed by atoms with van der Waals surface area (Å²) in [5, 5.41) is 3.40. The van der Waals surface area contributed by atoms with Gasteiger partial charge in [0.25, 0.3) is 6.43 Å². The van der Waals surface area contributed by atoms with Gasteiger partial charge in [0.1, 0.15) is 0 Å². The van der Waals surface area contributed by atoms with Crippen molar-refractivity contribution < 1.29 is 8.78 Å². The van der Waals surface area contributed by atoms with Gasteiger partial charge in [-0.25, -0.2) is 8.78 Å². The van der Waals surface area contributed by atoms with Crippen LogP contribution in [0.15, 0.2) is 0 Å². The molecule has 4 heteroatoms. The maximum Gasteiger partial charge on any atom is 0.251 e. The molecule has 0 aliphatic carbocycles. The van der Waals surface area contributed by atoms with E-state index in [-0.39, 0.29) is 12.0 Å². The number of hydrogen-bond donors (Lipinski definition) is 1. The molecule has 1 heterocycles. The highest BCUT2D eigenvalue weighted by Crippen LogP contribution is 2.32. The second kappa shape index (κ2) is 6.50. The van der Waals surface area contributed by atoms with Crippen LogP contribution < -0.4 is 5.32 Å². The first-order valence-electron chi connectivity index (χ1n) is 6.25. The predicted molar refractivity (Wildman–Crippen MR) is 62.9 cm³/mol. The molecule has 96 valence electrons. The molecule has 0 aromatic rings. The van der Waals surface area contributed by atoms with Crippen LogP contribution >= 0.6 is 0 Å². The third-order valence-electron chi connectivity index (χ3n) is 3.40. The van der Waals surface area contributed by atoms with Crippen molar-refractivity contribution in [2.75, 3.05) is 33.2 Å². The first kappa shape index (κ1) is 13.8. The quantitative estimate of drug-likeness (QED) is 0.759. The molecule has 1 aliphatic rings. The van der Waals surface area contributed by atoms with Gasteiger partial charge in [-0.05, 0) is 38.3 Å². The van der Waals surface area contributed by atoms with Crippen LogP contribution in [-0.2, 0) is 0 Å². The molecule has 0 spiro atoms. The average molecular weight is 234 g/mol. The van der Waals surface area contributed by atoms with Crippen molar-refractivity contribution in [1.29, 1.82) is 0 Å². The molecule has 0 aromatic heterocycles. The van der Waals surface area contributed by atoms with E-state index in [4.69, 9.17) is 0 Å². The Morgan fingerprint density at radius 1 is 1.44 bits per heavy atom. The molecule has 1 rings (SSSR count). The van der Waals surface area contributed by atoms with Crippen molar-refractivity contribution in [3.63, 3.8) is 0 Å². The molecule has 2 nitrogen and oxygen atoms in total. The van der Waals surface area contributed by atoms with Crippen LogP contribution in [0.2, 0.25) is 0 Å². The Morgan fingerprint density at radius 3 is 2.69 bits per heavy atom. The number of alkyl halides is 2. The van der Waals surface area contributed by atoms with E-state index in [0.717, 1.165) is 32.5 Å². The molecule has 1 saturated heterocycles. The molecular formula is C12H24F2N2. The molecule has 1 atom stereocenters. The highest BCUT2D eigenvalue weighted by Gasteiger charge is 2.32. The van der Waals surface area contributed by atoms with Gasteiger partial charge in [-0.3, -0.25) is 0 Å². The van der Waals surface area contributed by atoms with E-state index >= 15 is 0 Å². The summed E-state index contributed by atoms with van der Waals surface area (Å²) in [5.41, 5.74) is 0.219. The average Bonchev–Trinajstić information content (AvgIpc) is 2.17. The smallest absolute Gasteiger partial charge is 0.251 e. The summed E-state index contributed by atoms with van der Waals surface area (Å²) in [6, 6.07) is 0. The molecule has 16 heavy (non-hydrogen) atoms. The minimum Gasteiger partial charge on any atom is -0.316 e. The minimum atomic E-state index is -2.22. The van der Waals surface area contributed by atoms with Gasteiger partial charge in [0, 0.05) is 13.1 Å². The van der Waals surface area contributed by atoms with E-state index < -0.39 is 6.43 Å². The van der Waals surface area contributed by atoms with E-state index in [9.17, 15) is 8.78 Å². The summed E-state index contributed by atoms with van der Waals surface area (Å²) >= 11 is 0. The normalized spacial score (nSPS) is 26.6. The Hall–Kier alpha value is -0.220. The topological polar surface area (TPSA) is 15.3 Å². The van der Waals surface area contributed by atoms with Gasteiger partial charge in [0.15, 0.2) is 0 Å². The van der Waals surface area contributed by atoms with Gasteiger partial charge < -0.3 is 10.2 Å². The van der Waals surface area contributed by atoms with Crippen molar-refractivity contribution in [2.45, 2.75) is 39.0 Å². The number of nitrogens with zero attached hydrogens (tertiary/aromatic N) is 1. The number of rotatable bonds is 6. The molecule has 0 aromatic carbocycles. The predicted octanol–water partition coefficient (Wildman–Crippen LogP) is 2.35. The third kappa shape index (κ3) is 4.34. The van der Waals surface area contributed by atoms with Crippen LogP contribution in [0.5, 0.6) is 0 Å². The van der Waals surface area contributed by atoms with E-state index in [1.807, 2.05) is 0 Å². The zero-order valence-electron chi connectivity index (χ0n) is 10.4. The number of halogens is 2. The molecule has 1 unspecified atom stereocenters. The Morgan fingerprint density at radius 2 is 2.19 bits per heavy atom. The van der Waals surface area contributed by atoms with Crippen LogP contribution in [0.3, 0.4) is 0 Å². The fraction of sp³-hybridized carbons (Fsp3) is 1.00. The lowest BCUT2D eigenvalue weighted by molar-refractivity contribution is 0.0615. The zero-order valence-corrected chi connectivity index (χ0v) is 10.4. The zero-order chi connectivity index (χ0) is 12.0. The Balaban J connectivity index is 2.48.